The number of thiophene rings is 1. The maximum atomic E-state index is 5.70. The van der Waals surface area contributed by atoms with Gasteiger partial charge in [-0.3, -0.25) is 4.90 Å². The summed E-state index contributed by atoms with van der Waals surface area (Å²) in [7, 11) is 2.09. The Morgan fingerprint density at radius 3 is 2.89 bits per heavy atom. The van der Waals surface area contributed by atoms with Crippen LogP contribution in [-0.2, 0) is 6.54 Å². The zero-order valence-electron chi connectivity index (χ0n) is 10.8. The molecule has 19 heavy (non-hydrogen) atoms. The number of rotatable bonds is 6. The molecule has 0 aliphatic carbocycles. The number of nitrogens with zero attached hydrogens (tertiary/aromatic N) is 1. The summed E-state index contributed by atoms with van der Waals surface area (Å²) in [6.45, 7) is 2.48. The molecule has 2 aromatic rings. The smallest absolute Gasteiger partial charge is 0.121 e. The number of nitrogens with two attached hydrogens (primary N) is 1. The van der Waals surface area contributed by atoms with Crippen LogP contribution >= 0.6 is 27.3 Å². The first kappa shape index (κ1) is 14.4. The summed E-state index contributed by atoms with van der Waals surface area (Å²) in [5.74, 6) is 0.826. The van der Waals surface area contributed by atoms with Gasteiger partial charge in [-0.25, -0.2) is 0 Å². The highest BCUT2D eigenvalue weighted by Gasteiger charge is 2.03. The fraction of sp³-hybridized carbons (Fsp3) is 0.286. The van der Waals surface area contributed by atoms with E-state index >= 15 is 0 Å². The molecule has 0 amide bonds. The van der Waals surface area contributed by atoms with Gasteiger partial charge in [0.1, 0.15) is 12.4 Å². The van der Waals surface area contributed by atoms with Crippen LogP contribution in [0.25, 0.3) is 0 Å². The molecule has 0 aliphatic heterocycles. The zero-order valence-corrected chi connectivity index (χ0v) is 13.2. The van der Waals surface area contributed by atoms with E-state index in [0.717, 1.165) is 29.0 Å². The lowest BCUT2D eigenvalue weighted by atomic mass is 10.3. The van der Waals surface area contributed by atoms with Crippen molar-refractivity contribution >= 4 is 33.0 Å². The predicted molar refractivity (Wildman–Crippen MR) is 84.7 cm³/mol. The van der Waals surface area contributed by atoms with E-state index in [1.54, 1.807) is 11.3 Å². The molecule has 1 heterocycles. The van der Waals surface area contributed by atoms with E-state index in [4.69, 9.17) is 10.5 Å². The Morgan fingerprint density at radius 1 is 1.37 bits per heavy atom. The summed E-state index contributed by atoms with van der Waals surface area (Å²) >= 11 is 5.23. The van der Waals surface area contributed by atoms with Gasteiger partial charge in [0.05, 0.1) is 0 Å². The summed E-state index contributed by atoms with van der Waals surface area (Å²) in [6.07, 6.45) is 0. The molecule has 0 bridgehead atoms. The topological polar surface area (TPSA) is 38.5 Å². The van der Waals surface area contributed by atoms with Crippen molar-refractivity contribution in [3.05, 3.63) is 45.1 Å². The average Bonchev–Trinajstić information content (AvgIpc) is 2.75. The molecule has 0 spiro atoms. The van der Waals surface area contributed by atoms with Crippen LogP contribution in [-0.4, -0.2) is 25.1 Å². The summed E-state index contributed by atoms with van der Waals surface area (Å²) in [5.41, 5.74) is 6.43. The molecule has 0 atom stereocenters. The molecule has 102 valence electrons. The molecule has 0 radical (unpaired) electrons. The summed E-state index contributed by atoms with van der Waals surface area (Å²) in [4.78, 5) is 3.59. The van der Waals surface area contributed by atoms with Gasteiger partial charge < -0.3 is 10.5 Å². The lowest BCUT2D eigenvalue weighted by Crippen LogP contribution is -2.23. The number of nitrogen functional groups attached to an aromatic ring is 1. The van der Waals surface area contributed by atoms with Crippen LogP contribution in [0.2, 0.25) is 0 Å². The highest BCUT2D eigenvalue weighted by molar-refractivity contribution is 9.10. The van der Waals surface area contributed by atoms with E-state index in [-0.39, 0.29) is 0 Å². The molecule has 0 saturated carbocycles. The van der Waals surface area contributed by atoms with Crippen LogP contribution in [0.15, 0.2) is 40.2 Å². The largest absolute Gasteiger partial charge is 0.492 e. The molecule has 1 aromatic carbocycles. The van der Waals surface area contributed by atoms with Gasteiger partial charge in [0.25, 0.3) is 0 Å². The second-order valence-corrected chi connectivity index (χ2v) is 6.30. The molecule has 2 N–H and O–H groups in total. The third-order valence-corrected chi connectivity index (χ3v) is 4.33. The van der Waals surface area contributed by atoms with Gasteiger partial charge in [0.2, 0.25) is 0 Å². The molecule has 5 heteroatoms. The minimum atomic E-state index is 0.659. The first-order chi connectivity index (χ1) is 9.13. The van der Waals surface area contributed by atoms with E-state index in [0.29, 0.717) is 6.61 Å². The van der Waals surface area contributed by atoms with Gasteiger partial charge in [-0.2, -0.15) is 0 Å². The minimum absolute atomic E-state index is 0.659. The molecule has 0 fully saturated rings. The minimum Gasteiger partial charge on any atom is -0.492 e. The number of halogens is 1. The van der Waals surface area contributed by atoms with Gasteiger partial charge in [-0.1, -0.05) is 6.07 Å². The molecular formula is C14H17BrN2OS. The Morgan fingerprint density at radius 2 is 2.21 bits per heavy atom. The predicted octanol–water partition coefficient (Wildman–Crippen LogP) is 3.60. The van der Waals surface area contributed by atoms with E-state index in [9.17, 15) is 0 Å². The molecule has 0 aliphatic rings. The van der Waals surface area contributed by atoms with E-state index in [2.05, 4.69) is 39.3 Å². The highest BCUT2D eigenvalue weighted by Crippen LogP contribution is 2.20. The van der Waals surface area contributed by atoms with Gasteiger partial charge in [0.15, 0.2) is 0 Å². The van der Waals surface area contributed by atoms with Gasteiger partial charge in [0, 0.05) is 39.6 Å². The number of hydrogen-bond acceptors (Lipinski definition) is 4. The van der Waals surface area contributed by atoms with E-state index < -0.39 is 0 Å². The molecule has 2 rings (SSSR count). The van der Waals surface area contributed by atoms with Crippen molar-refractivity contribution in [2.45, 2.75) is 6.54 Å². The Balaban J connectivity index is 1.73. The molecule has 0 saturated heterocycles. The monoisotopic (exact) mass is 340 g/mol. The van der Waals surface area contributed by atoms with Crippen LogP contribution in [0.4, 0.5) is 5.69 Å². The maximum absolute atomic E-state index is 5.70. The molecular weight excluding hydrogens is 324 g/mol. The van der Waals surface area contributed by atoms with Crippen molar-refractivity contribution in [2.24, 2.45) is 0 Å². The van der Waals surface area contributed by atoms with Crippen LogP contribution < -0.4 is 10.5 Å². The summed E-state index contributed by atoms with van der Waals surface area (Å²) < 4.78 is 6.82. The Kier molecular flexibility index (Phi) is 5.24. The molecule has 3 nitrogen and oxygen atoms in total. The Bertz CT molecular complexity index is 530. The maximum Gasteiger partial charge on any atom is 0.121 e. The van der Waals surface area contributed by atoms with Crippen LogP contribution in [0.1, 0.15) is 4.88 Å². The van der Waals surface area contributed by atoms with Crippen molar-refractivity contribution in [1.29, 1.82) is 0 Å². The van der Waals surface area contributed by atoms with E-state index in [1.807, 2.05) is 24.3 Å². The number of ether oxygens (including phenoxy) is 1. The van der Waals surface area contributed by atoms with Crippen molar-refractivity contribution in [3.63, 3.8) is 0 Å². The Labute approximate surface area is 126 Å². The number of likely N-dealkylation sites (N-methyl/N-ethyl adjacent to an activating group) is 1. The van der Waals surface area contributed by atoms with Gasteiger partial charge in [-0.15, -0.1) is 11.3 Å². The second-order valence-electron chi connectivity index (χ2n) is 4.39. The van der Waals surface area contributed by atoms with Gasteiger partial charge in [-0.05, 0) is 41.2 Å². The third kappa shape index (κ3) is 4.86. The average molecular weight is 341 g/mol. The SMILES string of the molecule is CN(CCOc1cccc(N)c1)Cc1cc(Br)cs1. The van der Waals surface area contributed by atoms with Crippen molar-refractivity contribution < 1.29 is 4.74 Å². The lowest BCUT2D eigenvalue weighted by molar-refractivity contribution is 0.234. The standard InChI is InChI=1S/C14H17BrN2OS/c1-17(9-14-7-11(15)10-19-14)5-6-18-13-4-2-3-12(16)8-13/h2-4,7-8,10H,5-6,9,16H2,1H3. The third-order valence-electron chi connectivity index (χ3n) is 2.65. The van der Waals surface area contributed by atoms with Crippen LogP contribution in [0.5, 0.6) is 5.75 Å². The fourth-order valence-electron chi connectivity index (χ4n) is 1.71. The first-order valence-electron chi connectivity index (χ1n) is 6.03. The fourth-order valence-corrected chi connectivity index (χ4v) is 3.24. The van der Waals surface area contributed by atoms with Crippen molar-refractivity contribution in [3.8, 4) is 5.75 Å². The van der Waals surface area contributed by atoms with E-state index in [1.165, 1.54) is 4.88 Å². The number of hydrogen-bond donors (Lipinski definition) is 1. The number of benzene rings is 1. The molecule has 0 unspecified atom stereocenters. The van der Waals surface area contributed by atoms with Crippen molar-refractivity contribution in [1.82, 2.24) is 4.90 Å². The summed E-state index contributed by atoms with van der Waals surface area (Å²) in [5, 5.41) is 2.10. The van der Waals surface area contributed by atoms with Gasteiger partial charge >= 0.3 is 0 Å². The summed E-state index contributed by atoms with van der Waals surface area (Å²) in [6, 6.07) is 9.67. The zero-order chi connectivity index (χ0) is 13.7. The van der Waals surface area contributed by atoms with Crippen molar-refractivity contribution in [2.75, 3.05) is 25.9 Å². The van der Waals surface area contributed by atoms with Crippen LogP contribution in [0.3, 0.4) is 0 Å². The highest BCUT2D eigenvalue weighted by atomic mass is 79.9. The lowest BCUT2D eigenvalue weighted by Gasteiger charge is -2.16. The second kappa shape index (κ2) is 6.93. The Hall–Kier alpha value is -1.04. The normalized spacial score (nSPS) is 10.9. The number of anilines is 1. The first-order valence-corrected chi connectivity index (χ1v) is 7.70. The molecule has 1 aromatic heterocycles. The quantitative estimate of drug-likeness (QED) is 0.816. The van der Waals surface area contributed by atoms with Crippen LogP contribution in [0, 0.1) is 0 Å².